The van der Waals surface area contributed by atoms with Crippen molar-refractivity contribution in [2.45, 2.75) is 45.7 Å². The van der Waals surface area contributed by atoms with Gasteiger partial charge >= 0.3 is 0 Å². The second-order valence-electron chi connectivity index (χ2n) is 4.94. The van der Waals surface area contributed by atoms with E-state index in [9.17, 15) is 0 Å². The Bertz CT molecular complexity index is 547. The summed E-state index contributed by atoms with van der Waals surface area (Å²) in [4.78, 5) is 15.7. The summed E-state index contributed by atoms with van der Waals surface area (Å²) in [5.41, 5.74) is 1.88. The van der Waals surface area contributed by atoms with Crippen LogP contribution in [0.2, 0.25) is 0 Å². The van der Waals surface area contributed by atoms with Gasteiger partial charge in [-0.05, 0) is 33.1 Å². The molecular weight excluding hydrogens is 226 g/mol. The molecule has 1 aliphatic heterocycles. The minimum atomic E-state index is 0.545. The molecule has 2 aromatic rings. The first-order chi connectivity index (χ1) is 8.81. The van der Waals surface area contributed by atoms with Crippen molar-refractivity contribution >= 4 is 17.0 Å². The van der Waals surface area contributed by atoms with Crippen LogP contribution in [-0.2, 0) is 6.54 Å². The summed E-state index contributed by atoms with van der Waals surface area (Å²) in [6.45, 7) is 6.34. The maximum atomic E-state index is 4.50. The van der Waals surface area contributed by atoms with Crippen LogP contribution in [-0.4, -0.2) is 32.1 Å². The van der Waals surface area contributed by atoms with Crippen LogP contribution >= 0.6 is 0 Å². The molecule has 1 saturated heterocycles. The zero-order valence-electron chi connectivity index (χ0n) is 11.0. The average Bonchev–Trinajstić information content (AvgIpc) is 2.82. The Balaban J connectivity index is 2.08. The largest absolute Gasteiger partial charge is 0.352 e. The third kappa shape index (κ3) is 1.74. The topological polar surface area (TPSA) is 46.8 Å². The molecule has 0 aliphatic carbocycles. The summed E-state index contributed by atoms with van der Waals surface area (Å²) in [6, 6.07) is 0.545. The fourth-order valence-electron chi connectivity index (χ4n) is 2.72. The van der Waals surface area contributed by atoms with E-state index in [-0.39, 0.29) is 0 Å². The van der Waals surface area contributed by atoms with Crippen molar-refractivity contribution in [3.63, 3.8) is 0 Å². The normalized spacial score (nSPS) is 20.6. The summed E-state index contributed by atoms with van der Waals surface area (Å²) in [6.07, 6.45) is 7.31. The van der Waals surface area contributed by atoms with Gasteiger partial charge in [0.1, 0.15) is 6.33 Å². The SMILES string of the molecule is CCn1cnc2c(N3CCCCC3C)ncnc21. The lowest BCUT2D eigenvalue weighted by atomic mass is 10.0. The number of anilines is 1. The van der Waals surface area contributed by atoms with E-state index in [1.54, 1.807) is 6.33 Å². The number of fused-ring (bicyclic) bond motifs is 1. The van der Waals surface area contributed by atoms with Crippen molar-refractivity contribution in [2.24, 2.45) is 0 Å². The van der Waals surface area contributed by atoms with Crippen molar-refractivity contribution < 1.29 is 0 Å². The van der Waals surface area contributed by atoms with Gasteiger partial charge in [-0.2, -0.15) is 0 Å². The number of piperidine rings is 1. The maximum Gasteiger partial charge on any atom is 0.165 e. The predicted octanol–water partition coefficient (Wildman–Crippen LogP) is 2.22. The van der Waals surface area contributed by atoms with Gasteiger partial charge in [0, 0.05) is 19.1 Å². The highest BCUT2D eigenvalue weighted by Crippen LogP contribution is 2.27. The van der Waals surface area contributed by atoms with Crippen LogP contribution in [0.5, 0.6) is 0 Å². The molecule has 18 heavy (non-hydrogen) atoms. The van der Waals surface area contributed by atoms with Crippen molar-refractivity contribution in [3.8, 4) is 0 Å². The van der Waals surface area contributed by atoms with Crippen molar-refractivity contribution in [3.05, 3.63) is 12.7 Å². The third-order valence-electron chi connectivity index (χ3n) is 3.80. The molecule has 3 heterocycles. The molecule has 0 radical (unpaired) electrons. The Labute approximate surface area is 107 Å². The molecular formula is C13H19N5. The van der Waals surface area contributed by atoms with E-state index in [1.807, 2.05) is 6.33 Å². The van der Waals surface area contributed by atoms with Crippen LogP contribution in [0.4, 0.5) is 5.82 Å². The van der Waals surface area contributed by atoms with Gasteiger partial charge in [-0.1, -0.05) is 0 Å². The highest BCUT2D eigenvalue weighted by atomic mass is 15.2. The fraction of sp³-hybridized carbons (Fsp3) is 0.615. The number of nitrogens with zero attached hydrogens (tertiary/aromatic N) is 5. The molecule has 96 valence electrons. The standard InChI is InChI=1S/C13H19N5/c1-3-17-9-16-11-12(17)14-8-15-13(11)18-7-5-4-6-10(18)2/h8-10H,3-7H2,1-2H3. The molecule has 0 saturated carbocycles. The lowest BCUT2D eigenvalue weighted by Crippen LogP contribution is -2.38. The molecule has 1 aliphatic rings. The Morgan fingerprint density at radius 1 is 1.28 bits per heavy atom. The smallest absolute Gasteiger partial charge is 0.165 e. The van der Waals surface area contributed by atoms with Gasteiger partial charge in [0.05, 0.1) is 6.33 Å². The molecule has 0 aromatic carbocycles. The van der Waals surface area contributed by atoms with Crippen LogP contribution in [0.25, 0.3) is 11.2 Å². The van der Waals surface area contributed by atoms with Gasteiger partial charge in [-0.25, -0.2) is 15.0 Å². The summed E-state index contributed by atoms with van der Waals surface area (Å²) in [5, 5.41) is 0. The number of aryl methyl sites for hydroxylation is 1. The molecule has 2 aromatic heterocycles. The second-order valence-corrected chi connectivity index (χ2v) is 4.94. The van der Waals surface area contributed by atoms with Crippen LogP contribution in [0, 0.1) is 0 Å². The Kier molecular flexibility index (Phi) is 2.89. The number of rotatable bonds is 2. The van der Waals surface area contributed by atoms with Gasteiger partial charge in [0.15, 0.2) is 17.0 Å². The number of hydrogen-bond donors (Lipinski definition) is 0. The van der Waals surface area contributed by atoms with E-state index in [0.29, 0.717) is 6.04 Å². The first-order valence-corrected chi connectivity index (χ1v) is 6.73. The third-order valence-corrected chi connectivity index (χ3v) is 3.80. The Morgan fingerprint density at radius 3 is 2.94 bits per heavy atom. The molecule has 0 spiro atoms. The second kappa shape index (κ2) is 4.55. The highest BCUT2D eigenvalue weighted by molar-refractivity contribution is 5.83. The van der Waals surface area contributed by atoms with Crippen LogP contribution in [0.1, 0.15) is 33.1 Å². The van der Waals surface area contributed by atoms with Gasteiger partial charge in [-0.3, -0.25) is 0 Å². The quantitative estimate of drug-likeness (QED) is 0.814. The summed E-state index contributed by atoms with van der Waals surface area (Å²) >= 11 is 0. The summed E-state index contributed by atoms with van der Waals surface area (Å²) in [7, 11) is 0. The Hall–Kier alpha value is -1.65. The summed E-state index contributed by atoms with van der Waals surface area (Å²) < 4.78 is 2.06. The highest BCUT2D eigenvalue weighted by Gasteiger charge is 2.23. The average molecular weight is 245 g/mol. The zero-order valence-corrected chi connectivity index (χ0v) is 11.0. The number of hydrogen-bond acceptors (Lipinski definition) is 4. The monoisotopic (exact) mass is 245 g/mol. The molecule has 1 fully saturated rings. The Morgan fingerprint density at radius 2 is 2.17 bits per heavy atom. The van der Waals surface area contributed by atoms with Crippen molar-refractivity contribution in [2.75, 3.05) is 11.4 Å². The summed E-state index contributed by atoms with van der Waals surface area (Å²) in [5.74, 6) is 0.999. The molecule has 1 atom stereocenters. The van der Waals surface area contributed by atoms with Crippen LogP contribution in [0.3, 0.4) is 0 Å². The van der Waals surface area contributed by atoms with E-state index in [2.05, 4.69) is 38.3 Å². The van der Waals surface area contributed by atoms with E-state index in [4.69, 9.17) is 0 Å². The molecule has 1 unspecified atom stereocenters. The first-order valence-electron chi connectivity index (χ1n) is 6.73. The van der Waals surface area contributed by atoms with Gasteiger partial charge in [-0.15, -0.1) is 0 Å². The molecule has 5 heteroatoms. The number of imidazole rings is 1. The van der Waals surface area contributed by atoms with Crippen molar-refractivity contribution in [1.29, 1.82) is 0 Å². The minimum Gasteiger partial charge on any atom is -0.352 e. The van der Waals surface area contributed by atoms with E-state index in [0.717, 1.165) is 30.1 Å². The van der Waals surface area contributed by atoms with Crippen LogP contribution < -0.4 is 4.90 Å². The molecule has 5 nitrogen and oxygen atoms in total. The lowest BCUT2D eigenvalue weighted by Gasteiger charge is -2.34. The van der Waals surface area contributed by atoms with Crippen LogP contribution in [0.15, 0.2) is 12.7 Å². The van der Waals surface area contributed by atoms with Gasteiger partial charge in [0.25, 0.3) is 0 Å². The predicted molar refractivity (Wildman–Crippen MR) is 71.7 cm³/mol. The zero-order chi connectivity index (χ0) is 12.5. The van der Waals surface area contributed by atoms with E-state index < -0.39 is 0 Å². The molecule has 0 amide bonds. The van der Waals surface area contributed by atoms with Crippen molar-refractivity contribution in [1.82, 2.24) is 19.5 Å². The molecule has 3 rings (SSSR count). The fourth-order valence-corrected chi connectivity index (χ4v) is 2.72. The van der Waals surface area contributed by atoms with Gasteiger partial charge < -0.3 is 9.47 Å². The first kappa shape index (κ1) is 11.4. The lowest BCUT2D eigenvalue weighted by molar-refractivity contribution is 0.482. The molecule has 0 N–H and O–H groups in total. The minimum absolute atomic E-state index is 0.545. The maximum absolute atomic E-state index is 4.50. The molecule has 0 bridgehead atoms. The van der Waals surface area contributed by atoms with E-state index >= 15 is 0 Å². The van der Waals surface area contributed by atoms with Gasteiger partial charge in [0.2, 0.25) is 0 Å². The number of aromatic nitrogens is 4. The van der Waals surface area contributed by atoms with E-state index in [1.165, 1.54) is 19.3 Å².